The van der Waals surface area contributed by atoms with E-state index in [1.165, 1.54) is 11.5 Å². The van der Waals surface area contributed by atoms with Crippen LogP contribution in [0, 0.1) is 0 Å². The SMILES string of the molecule is O=CO.c1cn(CCc2cnc[nH]2)c(-c2cnsc2)n1. The summed E-state index contributed by atoms with van der Waals surface area (Å²) in [6, 6.07) is 0. The molecule has 104 valence electrons. The van der Waals surface area contributed by atoms with Crippen LogP contribution in [0.2, 0.25) is 0 Å². The van der Waals surface area contributed by atoms with E-state index in [2.05, 4.69) is 23.9 Å². The fourth-order valence-corrected chi connectivity index (χ4v) is 2.24. The zero-order chi connectivity index (χ0) is 14.2. The first-order valence-corrected chi connectivity index (χ1v) is 6.64. The van der Waals surface area contributed by atoms with E-state index >= 15 is 0 Å². The number of H-pyrrole nitrogens is 1. The summed E-state index contributed by atoms with van der Waals surface area (Å²) in [6.45, 7) is 0.632. The molecule has 0 aromatic carbocycles. The lowest BCUT2D eigenvalue weighted by atomic mass is 10.3. The summed E-state index contributed by atoms with van der Waals surface area (Å²) >= 11 is 1.44. The van der Waals surface area contributed by atoms with Gasteiger partial charge in [-0.2, -0.15) is 0 Å². The van der Waals surface area contributed by atoms with Gasteiger partial charge in [0.05, 0.1) is 12.5 Å². The molecule has 20 heavy (non-hydrogen) atoms. The number of hydrogen-bond acceptors (Lipinski definition) is 5. The summed E-state index contributed by atoms with van der Waals surface area (Å²) in [7, 11) is 0. The number of aromatic nitrogens is 5. The highest BCUT2D eigenvalue weighted by Gasteiger charge is 2.06. The molecule has 0 aliphatic carbocycles. The number of nitrogens with one attached hydrogen (secondary N) is 1. The minimum absolute atomic E-state index is 0.250. The topological polar surface area (TPSA) is 96.7 Å². The van der Waals surface area contributed by atoms with Crippen LogP contribution < -0.4 is 0 Å². The van der Waals surface area contributed by atoms with Crippen molar-refractivity contribution in [2.75, 3.05) is 0 Å². The molecule has 2 N–H and O–H groups in total. The number of hydrogen-bond donors (Lipinski definition) is 2. The fourth-order valence-electron chi connectivity index (χ4n) is 1.73. The number of carboxylic acid groups (broad SMARTS) is 1. The number of imidazole rings is 2. The zero-order valence-corrected chi connectivity index (χ0v) is 11.3. The minimum Gasteiger partial charge on any atom is -0.483 e. The maximum absolute atomic E-state index is 8.36. The zero-order valence-electron chi connectivity index (χ0n) is 10.5. The van der Waals surface area contributed by atoms with E-state index in [0.29, 0.717) is 0 Å². The fraction of sp³-hybridized carbons (Fsp3) is 0.167. The van der Waals surface area contributed by atoms with Crippen molar-refractivity contribution >= 4 is 18.0 Å². The van der Waals surface area contributed by atoms with Crippen LogP contribution in [0.25, 0.3) is 11.4 Å². The molecule has 0 atom stereocenters. The summed E-state index contributed by atoms with van der Waals surface area (Å²) in [5, 5.41) is 8.90. The lowest BCUT2D eigenvalue weighted by molar-refractivity contribution is -0.122. The quantitative estimate of drug-likeness (QED) is 0.713. The number of rotatable bonds is 4. The number of carbonyl (C=O) groups is 1. The molecule has 0 fully saturated rings. The molecular formula is C12H13N5O2S. The summed E-state index contributed by atoms with van der Waals surface area (Å²) in [5.74, 6) is 0.971. The standard InChI is InChI=1S/C11H11N5S.CH2O2/c1(10-6-12-8-14-10)3-16-4-2-13-11(16)9-5-15-17-7-9;2-1-3/h2,4-8H,1,3H2,(H,12,14);1H,(H,2,3). The Morgan fingerprint density at radius 1 is 1.45 bits per heavy atom. The first kappa shape index (κ1) is 13.9. The van der Waals surface area contributed by atoms with Gasteiger partial charge < -0.3 is 14.7 Å². The number of aryl methyl sites for hydroxylation is 2. The highest BCUT2D eigenvalue weighted by Crippen LogP contribution is 2.18. The average molecular weight is 291 g/mol. The van der Waals surface area contributed by atoms with E-state index in [-0.39, 0.29) is 6.47 Å². The molecule has 0 bridgehead atoms. The van der Waals surface area contributed by atoms with Gasteiger partial charge in [0.15, 0.2) is 0 Å². The summed E-state index contributed by atoms with van der Waals surface area (Å²) < 4.78 is 6.23. The Morgan fingerprint density at radius 2 is 2.30 bits per heavy atom. The first-order valence-electron chi connectivity index (χ1n) is 5.81. The van der Waals surface area contributed by atoms with Crippen LogP contribution in [0.5, 0.6) is 0 Å². The highest BCUT2D eigenvalue weighted by molar-refractivity contribution is 7.03. The van der Waals surface area contributed by atoms with Crippen molar-refractivity contribution in [3.8, 4) is 11.4 Å². The van der Waals surface area contributed by atoms with E-state index < -0.39 is 0 Å². The van der Waals surface area contributed by atoms with Gasteiger partial charge in [0.25, 0.3) is 6.47 Å². The molecule has 0 aliphatic rings. The van der Waals surface area contributed by atoms with E-state index in [1.54, 1.807) is 6.33 Å². The predicted octanol–water partition coefficient (Wildman–Crippen LogP) is 1.67. The molecule has 8 heteroatoms. The molecule has 0 aliphatic heterocycles. The van der Waals surface area contributed by atoms with Crippen LogP contribution >= 0.6 is 11.5 Å². The van der Waals surface area contributed by atoms with E-state index in [1.807, 2.05) is 30.2 Å². The van der Waals surface area contributed by atoms with Crippen molar-refractivity contribution in [3.63, 3.8) is 0 Å². The third kappa shape index (κ3) is 3.51. The van der Waals surface area contributed by atoms with Crippen LogP contribution in [0.15, 0.2) is 36.5 Å². The van der Waals surface area contributed by atoms with Gasteiger partial charge in [-0.25, -0.2) is 14.3 Å². The normalized spacial score (nSPS) is 9.80. The van der Waals surface area contributed by atoms with Crippen molar-refractivity contribution in [1.82, 2.24) is 23.9 Å². The summed E-state index contributed by atoms with van der Waals surface area (Å²) in [6.07, 6.45) is 10.1. The van der Waals surface area contributed by atoms with Crippen LogP contribution in [0.4, 0.5) is 0 Å². The van der Waals surface area contributed by atoms with Gasteiger partial charge in [0.2, 0.25) is 0 Å². The van der Waals surface area contributed by atoms with Gasteiger partial charge in [-0.3, -0.25) is 4.79 Å². The Bertz CT molecular complexity index is 618. The Morgan fingerprint density at radius 3 is 2.95 bits per heavy atom. The van der Waals surface area contributed by atoms with E-state index in [0.717, 1.165) is 30.0 Å². The molecule has 0 radical (unpaired) electrons. The molecule has 0 unspecified atom stereocenters. The van der Waals surface area contributed by atoms with Crippen LogP contribution in [0.1, 0.15) is 5.69 Å². The summed E-state index contributed by atoms with van der Waals surface area (Å²) in [4.78, 5) is 19.8. The molecule has 0 spiro atoms. The molecule has 0 saturated heterocycles. The third-order valence-electron chi connectivity index (χ3n) is 2.58. The second-order valence-electron chi connectivity index (χ2n) is 3.79. The molecule has 0 saturated carbocycles. The minimum atomic E-state index is -0.250. The van der Waals surface area contributed by atoms with Gasteiger partial charge >= 0.3 is 0 Å². The van der Waals surface area contributed by atoms with Gasteiger partial charge in [-0.05, 0) is 11.5 Å². The largest absolute Gasteiger partial charge is 0.483 e. The lowest BCUT2D eigenvalue weighted by Gasteiger charge is -2.04. The van der Waals surface area contributed by atoms with Gasteiger partial charge in [0, 0.05) is 48.2 Å². The number of aromatic amines is 1. The molecule has 3 rings (SSSR count). The Labute approximate surface area is 119 Å². The maximum atomic E-state index is 8.36. The maximum Gasteiger partial charge on any atom is 0.290 e. The van der Waals surface area contributed by atoms with Crippen LogP contribution in [-0.4, -0.2) is 35.5 Å². The molecule has 7 nitrogen and oxygen atoms in total. The average Bonchev–Trinajstić information content (AvgIpc) is 3.19. The van der Waals surface area contributed by atoms with Crippen LogP contribution in [0.3, 0.4) is 0 Å². The monoisotopic (exact) mass is 291 g/mol. The Hall–Kier alpha value is -2.48. The van der Waals surface area contributed by atoms with Crippen molar-refractivity contribution in [1.29, 1.82) is 0 Å². The predicted molar refractivity (Wildman–Crippen MR) is 74.3 cm³/mol. The van der Waals surface area contributed by atoms with Gasteiger partial charge in [-0.15, -0.1) is 0 Å². The Balaban J connectivity index is 0.000000452. The Kier molecular flexibility index (Phi) is 5.01. The lowest BCUT2D eigenvalue weighted by Crippen LogP contribution is -2.02. The van der Waals surface area contributed by atoms with Crippen molar-refractivity contribution in [2.24, 2.45) is 0 Å². The second-order valence-corrected chi connectivity index (χ2v) is 4.45. The van der Waals surface area contributed by atoms with E-state index in [4.69, 9.17) is 9.90 Å². The van der Waals surface area contributed by atoms with Crippen molar-refractivity contribution in [3.05, 3.63) is 42.2 Å². The smallest absolute Gasteiger partial charge is 0.290 e. The molecule has 3 heterocycles. The van der Waals surface area contributed by atoms with Crippen LogP contribution in [-0.2, 0) is 17.8 Å². The third-order valence-corrected chi connectivity index (χ3v) is 3.17. The summed E-state index contributed by atoms with van der Waals surface area (Å²) in [5.41, 5.74) is 2.21. The number of nitrogens with zero attached hydrogens (tertiary/aromatic N) is 4. The molecule has 3 aromatic heterocycles. The van der Waals surface area contributed by atoms with E-state index in [9.17, 15) is 0 Å². The second kappa shape index (κ2) is 7.19. The molecular weight excluding hydrogens is 278 g/mol. The molecule has 3 aromatic rings. The van der Waals surface area contributed by atoms with Crippen molar-refractivity contribution in [2.45, 2.75) is 13.0 Å². The van der Waals surface area contributed by atoms with Crippen molar-refractivity contribution < 1.29 is 9.90 Å². The van der Waals surface area contributed by atoms with Gasteiger partial charge in [0.1, 0.15) is 5.82 Å². The highest BCUT2D eigenvalue weighted by atomic mass is 32.1. The molecule has 0 amide bonds. The first-order chi connectivity index (χ1) is 9.85. The van der Waals surface area contributed by atoms with Gasteiger partial charge in [-0.1, -0.05) is 0 Å².